The Hall–Kier alpha value is -3.05. The number of aryl methyl sites for hydroxylation is 1. The van der Waals surface area contributed by atoms with Crippen molar-refractivity contribution in [1.29, 1.82) is 0 Å². The second-order valence-corrected chi connectivity index (χ2v) is 13.0. The van der Waals surface area contributed by atoms with Crippen molar-refractivity contribution in [3.05, 3.63) is 95.6 Å². The van der Waals surface area contributed by atoms with Gasteiger partial charge in [0.1, 0.15) is 0 Å². The van der Waals surface area contributed by atoms with Gasteiger partial charge in [0, 0.05) is 32.6 Å². The molecule has 38 heavy (non-hydrogen) atoms. The number of amides is 1. The smallest absolute Gasteiger partial charge is 0.243 e. The Kier molecular flexibility index (Phi) is 9.32. The summed E-state index contributed by atoms with van der Waals surface area (Å²) in [5, 5.41) is 2.89. The average Bonchev–Trinajstić information content (AvgIpc) is 3.48. The zero-order valence-corrected chi connectivity index (χ0v) is 22.8. The van der Waals surface area contributed by atoms with Gasteiger partial charge in [-0.2, -0.15) is 4.31 Å². The molecule has 3 aromatic carbocycles. The van der Waals surface area contributed by atoms with Gasteiger partial charge in [-0.25, -0.2) is 21.6 Å². The van der Waals surface area contributed by atoms with E-state index in [9.17, 15) is 21.6 Å². The van der Waals surface area contributed by atoms with E-state index in [0.717, 1.165) is 29.5 Å². The summed E-state index contributed by atoms with van der Waals surface area (Å²) in [4.78, 5) is 12.8. The first-order valence-corrected chi connectivity index (χ1v) is 15.6. The first kappa shape index (κ1) is 28.0. The molecule has 10 heteroatoms. The first-order valence-electron chi connectivity index (χ1n) is 12.7. The molecule has 0 aliphatic carbocycles. The van der Waals surface area contributed by atoms with Gasteiger partial charge in [0.15, 0.2) is 0 Å². The Morgan fingerprint density at radius 3 is 1.92 bits per heavy atom. The highest BCUT2D eigenvalue weighted by atomic mass is 32.2. The van der Waals surface area contributed by atoms with E-state index in [1.54, 1.807) is 48.5 Å². The van der Waals surface area contributed by atoms with Crippen molar-refractivity contribution in [1.82, 2.24) is 14.3 Å². The molecule has 0 radical (unpaired) electrons. The van der Waals surface area contributed by atoms with Gasteiger partial charge in [-0.15, -0.1) is 0 Å². The highest BCUT2D eigenvalue weighted by molar-refractivity contribution is 7.89. The highest BCUT2D eigenvalue weighted by Gasteiger charge is 2.26. The van der Waals surface area contributed by atoms with Crippen LogP contribution in [0.4, 0.5) is 0 Å². The van der Waals surface area contributed by atoms with Crippen molar-refractivity contribution in [2.75, 3.05) is 19.6 Å². The van der Waals surface area contributed by atoms with E-state index in [4.69, 9.17) is 0 Å². The normalized spacial score (nSPS) is 14.4. The van der Waals surface area contributed by atoms with Gasteiger partial charge in [-0.3, -0.25) is 4.79 Å². The maximum Gasteiger partial charge on any atom is 0.243 e. The monoisotopic (exact) mass is 555 g/mol. The molecule has 0 saturated carbocycles. The molecule has 1 heterocycles. The number of hydrogen-bond acceptors (Lipinski definition) is 5. The summed E-state index contributed by atoms with van der Waals surface area (Å²) in [6.45, 7) is 1.81. The Labute approximate surface area is 225 Å². The van der Waals surface area contributed by atoms with Crippen molar-refractivity contribution in [2.24, 2.45) is 0 Å². The topological polar surface area (TPSA) is 113 Å². The van der Waals surface area contributed by atoms with E-state index in [1.807, 2.05) is 30.3 Å². The quantitative estimate of drug-likeness (QED) is 0.356. The molecule has 4 rings (SSSR count). The molecule has 202 valence electrons. The molecular formula is C28H33N3O5S2. The third-order valence-corrected chi connectivity index (χ3v) is 9.88. The van der Waals surface area contributed by atoms with Crippen LogP contribution in [0, 0.1) is 0 Å². The number of benzene rings is 3. The second-order valence-electron chi connectivity index (χ2n) is 9.31. The van der Waals surface area contributed by atoms with Crippen LogP contribution >= 0.6 is 0 Å². The van der Waals surface area contributed by atoms with Crippen LogP contribution in [0.1, 0.15) is 36.0 Å². The van der Waals surface area contributed by atoms with Crippen LogP contribution in [0.2, 0.25) is 0 Å². The van der Waals surface area contributed by atoms with Crippen molar-refractivity contribution in [2.45, 2.75) is 48.4 Å². The summed E-state index contributed by atoms with van der Waals surface area (Å²) in [5.41, 5.74) is 2.70. The van der Waals surface area contributed by atoms with E-state index >= 15 is 0 Å². The van der Waals surface area contributed by atoms with Gasteiger partial charge in [0.2, 0.25) is 26.0 Å². The van der Waals surface area contributed by atoms with Crippen LogP contribution in [0.15, 0.2) is 88.7 Å². The minimum atomic E-state index is -3.63. The average molecular weight is 556 g/mol. The van der Waals surface area contributed by atoms with E-state index in [1.165, 1.54) is 4.31 Å². The van der Waals surface area contributed by atoms with Gasteiger partial charge in [0.05, 0.1) is 9.79 Å². The minimum absolute atomic E-state index is 0.0977. The minimum Gasteiger partial charge on any atom is -0.356 e. The maximum absolute atomic E-state index is 12.6. The number of nitrogens with one attached hydrogen (secondary N) is 2. The summed E-state index contributed by atoms with van der Waals surface area (Å²) in [6, 6.07) is 22.7. The standard InChI is InChI=1S/C28H33N3O5S2/c32-28(29-19-18-24-10-15-27(16-11-24)38(35,36)31-20-4-5-21-31)17-12-23-8-13-26(14-9-23)37(33,34)30-22-25-6-2-1-3-7-25/h1-3,6-11,13-16,30H,4-5,12,17-22H2,(H,29,32). The van der Waals surface area contributed by atoms with E-state index in [-0.39, 0.29) is 23.8 Å². The summed E-state index contributed by atoms with van der Waals surface area (Å²) < 4.78 is 54.4. The number of nitrogens with zero attached hydrogens (tertiary/aromatic N) is 1. The molecule has 1 saturated heterocycles. The molecule has 0 aromatic heterocycles. The van der Waals surface area contributed by atoms with Crippen LogP contribution in [0.3, 0.4) is 0 Å². The Morgan fingerprint density at radius 2 is 1.29 bits per heavy atom. The summed E-state index contributed by atoms with van der Waals surface area (Å²) in [7, 11) is -7.05. The molecule has 3 aromatic rings. The number of carbonyl (C=O) groups is 1. The predicted octanol–water partition coefficient (Wildman–Crippen LogP) is 3.24. The molecule has 0 bridgehead atoms. The van der Waals surface area contributed by atoms with E-state index in [0.29, 0.717) is 37.4 Å². The zero-order chi connectivity index (χ0) is 27.0. The third-order valence-electron chi connectivity index (χ3n) is 6.55. The SMILES string of the molecule is O=C(CCc1ccc(S(=O)(=O)NCc2ccccc2)cc1)NCCc1ccc(S(=O)(=O)N2CCCC2)cc1. The van der Waals surface area contributed by atoms with E-state index in [2.05, 4.69) is 10.0 Å². The van der Waals surface area contributed by atoms with Crippen LogP contribution in [0.5, 0.6) is 0 Å². The summed E-state index contributed by atoms with van der Waals surface area (Å²) in [6.07, 6.45) is 3.17. The van der Waals surface area contributed by atoms with Gasteiger partial charge in [-0.1, -0.05) is 54.6 Å². The Morgan fingerprint density at radius 1 is 0.711 bits per heavy atom. The predicted molar refractivity (Wildman–Crippen MR) is 146 cm³/mol. The van der Waals surface area contributed by atoms with Gasteiger partial charge in [0.25, 0.3) is 0 Å². The maximum atomic E-state index is 12.6. The lowest BCUT2D eigenvalue weighted by Gasteiger charge is -2.15. The molecule has 0 unspecified atom stereocenters. The fraction of sp³-hybridized carbons (Fsp3) is 0.321. The fourth-order valence-electron chi connectivity index (χ4n) is 4.29. The van der Waals surface area contributed by atoms with Crippen LogP contribution in [0.25, 0.3) is 0 Å². The van der Waals surface area contributed by atoms with Gasteiger partial charge >= 0.3 is 0 Å². The van der Waals surface area contributed by atoms with Crippen LogP contribution in [-0.4, -0.2) is 46.7 Å². The summed E-state index contributed by atoms with van der Waals surface area (Å²) >= 11 is 0. The molecular weight excluding hydrogens is 522 g/mol. The van der Waals surface area contributed by atoms with Crippen molar-refractivity contribution < 1.29 is 21.6 Å². The lowest BCUT2D eigenvalue weighted by Crippen LogP contribution is -2.28. The van der Waals surface area contributed by atoms with Crippen molar-refractivity contribution in [3.63, 3.8) is 0 Å². The first-order chi connectivity index (χ1) is 18.2. The number of rotatable bonds is 12. The molecule has 1 amide bonds. The van der Waals surface area contributed by atoms with E-state index < -0.39 is 20.0 Å². The molecule has 1 aliphatic heterocycles. The summed E-state index contributed by atoms with van der Waals surface area (Å²) in [5.74, 6) is -0.0977. The Bertz CT molecular complexity index is 1420. The zero-order valence-electron chi connectivity index (χ0n) is 21.2. The fourth-order valence-corrected chi connectivity index (χ4v) is 6.83. The largest absolute Gasteiger partial charge is 0.356 e. The molecule has 2 N–H and O–H groups in total. The lowest BCUT2D eigenvalue weighted by atomic mass is 10.1. The van der Waals surface area contributed by atoms with Gasteiger partial charge in [-0.05, 0) is 66.6 Å². The van der Waals surface area contributed by atoms with Crippen molar-refractivity contribution in [3.8, 4) is 0 Å². The number of sulfonamides is 2. The second kappa shape index (κ2) is 12.7. The number of hydrogen-bond donors (Lipinski definition) is 2. The Balaban J connectivity index is 1.19. The number of carbonyl (C=O) groups excluding carboxylic acids is 1. The van der Waals surface area contributed by atoms with Gasteiger partial charge < -0.3 is 5.32 Å². The molecule has 1 aliphatic rings. The third kappa shape index (κ3) is 7.50. The highest BCUT2D eigenvalue weighted by Crippen LogP contribution is 2.21. The lowest BCUT2D eigenvalue weighted by molar-refractivity contribution is -0.121. The molecule has 8 nitrogen and oxygen atoms in total. The van der Waals surface area contributed by atoms with Crippen LogP contribution in [-0.2, 0) is 44.2 Å². The molecule has 0 atom stereocenters. The van der Waals surface area contributed by atoms with Crippen molar-refractivity contribution >= 4 is 26.0 Å². The molecule has 1 fully saturated rings. The molecule has 0 spiro atoms. The van der Waals surface area contributed by atoms with Crippen LogP contribution < -0.4 is 10.0 Å².